The Morgan fingerprint density at radius 2 is 1.31 bits per heavy atom. The topological polar surface area (TPSA) is 52.6 Å². The summed E-state index contributed by atoms with van der Waals surface area (Å²) in [5, 5.41) is 0. The lowest BCUT2D eigenvalue weighted by molar-refractivity contribution is -0.140. The molecule has 0 aromatic carbocycles. The fourth-order valence-electron chi connectivity index (χ4n) is 0.560. The Hall–Kier alpha value is -2.20. The van der Waals surface area contributed by atoms with Crippen LogP contribution in [-0.2, 0) is 19.1 Å². The van der Waals surface area contributed by atoms with Crippen LogP contribution in [-0.4, -0.2) is 25.2 Å². The van der Waals surface area contributed by atoms with E-state index in [-0.39, 0.29) is 25.2 Å². The molecule has 0 fully saturated rings. The van der Waals surface area contributed by atoms with E-state index < -0.39 is 0 Å². The smallest absolute Gasteiger partial charge is 0.303 e. The maximum Gasteiger partial charge on any atom is 0.303 e. The first-order valence-electron chi connectivity index (χ1n) is 4.51. The minimum absolute atomic E-state index is 0.0700. The number of esters is 2. The highest BCUT2D eigenvalue weighted by Crippen LogP contribution is 1.75. The molecular weight excluding hydrogens is 208 g/mol. The van der Waals surface area contributed by atoms with Gasteiger partial charge in [0.15, 0.2) is 13.2 Å². The molecule has 0 unspecified atom stereocenters. The fourth-order valence-corrected chi connectivity index (χ4v) is 0.560. The van der Waals surface area contributed by atoms with Gasteiger partial charge in [-0.2, -0.15) is 0 Å². The number of hydrogen-bond acceptors (Lipinski definition) is 4. The van der Waals surface area contributed by atoms with Crippen molar-refractivity contribution in [1.82, 2.24) is 0 Å². The van der Waals surface area contributed by atoms with E-state index >= 15 is 0 Å². The highest BCUT2D eigenvalue weighted by Gasteiger charge is 1.85. The average molecular weight is 220 g/mol. The number of hydrogen-bond donors (Lipinski definition) is 0. The van der Waals surface area contributed by atoms with Crippen molar-refractivity contribution in [2.24, 2.45) is 0 Å². The Morgan fingerprint density at radius 1 is 0.938 bits per heavy atom. The summed E-state index contributed by atoms with van der Waals surface area (Å²) < 4.78 is 9.15. The van der Waals surface area contributed by atoms with Crippen molar-refractivity contribution < 1.29 is 19.1 Å². The molecule has 0 atom stereocenters. The second-order valence-corrected chi connectivity index (χ2v) is 2.54. The Kier molecular flexibility index (Phi) is 8.07. The third-order valence-corrected chi connectivity index (χ3v) is 1.15. The van der Waals surface area contributed by atoms with E-state index in [1.54, 1.807) is 0 Å². The van der Waals surface area contributed by atoms with Gasteiger partial charge in [-0.3, -0.25) is 9.59 Å². The lowest BCUT2D eigenvalue weighted by atomic mass is 10.4. The van der Waals surface area contributed by atoms with Gasteiger partial charge in [-0.1, -0.05) is 23.7 Å². The van der Waals surface area contributed by atoms with Crippen molar-refractivity contribution in [3.05, 3.63) is 12.2 Å². The zero-order chi connectivity index (χ0) is 12.2. The first kappa shape index (κ1) is 13.8. The molecule has 0 aromatic heterocycles. The third-order valence-electron chi connectivity index (χ3n) is 1.15. The third kappa shape index (κ3) is 11.8. The van der Waals surface area contributed by atoms with Crippen LogP contribution in [0.4, 0.5) is 0 Å². The normalized spacial score (nSPS) is 8.38. The molecule has 0 rings (SSSR count). The van der Waals surface area contributed by atoms with Crippen LogP contribution >= 0.6 is 0 Å². The molecule has 0 aliphatic rings. The van der Waals surface area contributed by atoms with Crippen LogP contribution in [0.3, 0.4) is 0 Å². The molecule has 4 nitrogen and oxygen atoms in total. The van der Waals surface area contributed by atoms with Crippen LogP contribution in [0.25, 0.3) is 0 Å². The summed E-state index contributed by atoms with van der Waals surface area (Å²) in [4.78, 5) is 20.7. The average Bonchev–Trinajstić information content (AvgIpc) is 2.20. The van der Waals surface area contributed by atoms with Gasteiger partial charge in [0.2, 0.25) is 0 Å². The van der Waals surface area contributed by atoms with Gasteiger partial charge in [-0.05, 0) is 12.2 Å². The SMILES string of the molecule is CC(=O)OCC#C/C=C\C#CCOC(C)=O. The van der Waals surface area contributed by atoms with E-state index in [9.17, 15) is 9.59 Å². The number of allylic oxidation sites excluding steroid dienone is 2. The predicted octanol–water partition coefficient (Wildman–Crippen LogP) is 0.676. The molecule has 0 heterocycles. The summed E-state index contributed by atoms with van der Waals surface area (Å²) in [6.07, 6.45) is 3.04. The van der Waals surface area contributed by atoms with Crippen LogP contribution in [0, 0.1) is 23.7 Å². The molecule has 0 aromatic rings. The van der Waals surface area contributed by atoms with E-state index in [2.05, 4.69) is 33.2 Å². The fraction of sp³-hybridized carbons (Fsp3) is 0.333. The molecule has 0 aliphatic carbocycles. The number of carbonyl (C=O) groups excluding carboxylic acids is 2. The molecule has 0 N–H and O–H groups in total. The number of carbonyl (C=O) groups is 2. The molecule has 0 spiro atoms. The summed E-state index contributed by atoms with van der Waals surface area (Å²) in [6, 6.07) is 0. The Labute approximate surface area is 94.6 Å². The van der Waals surface area contributed by atoms with E-state index in [1.165, 1.54) is 26.0 Å². The summed E-state index contributed by atoms with van der Waals surface area (Å²) in [7, 11) is 0. The van der Waals surface area contributed by atoms with Crippen LogP contribution in [0.1, 0.15) is 13.8 Å². The summed E-state index contributed by atoms with van der Waals surface area (Å²) in [5.41, 5.74) is 0. The van der Waals surface area contributed by atoms with Gasteiger partial charge in [0.05, 0.1) is 0 Å². The Morgan fingerprint density at radius 3 is 1.62 bits per heavy atom. The monoisotopic (exact) mass is 220 g/mol. The van der Waals surface area contributed by atoms with Gasteiger partial charge < -0.3 is 9.47 Å². The van der Waals surface area contributed by atoms with Gasteiger partial charge in [-0.15, -0.1) is 0 Å². The van der Waals surface area contributed by atoms with Crippen LogP contribution in [0.5, 0.6) is 0 Å². The largest absolute Gasteiger partial charge is 0.453 e. The molecule has 16 heavy (non-hydrogen) atoms. The first-order chi connectivity index (χ1) is 7.63. The van der Waals surface area contributed by atoms with Crippen molar-refractivity contribution in [1.29, 1.82) is 0 Å². The second-order valence-electron chi connectivity index (χ2n) is 2.54. The predicted molar refractivity (Wildman–Crippen MR) is 58.0 cm³/mol. The summed E-state index contributed by atoms with van der Waals surface area (Å²) in [5.74, 6) is 9.71. The Balaban J connectivity index is 3.67. The highest BCUT2D eigenvalue weighted by molar-refractivity contribution is 5.66. The molecule has 84 valence electrons. The maximum absolute atomic E-state index is 10.3. The lowest BCUT2D eigenvalue weighted by Crippen LogP contribution is -1.97. The molecular formula is C12H12O4. The zero-order valence-corrected chi connectivity index (χ0v) is 9.20. The van der Waals surface area contributed by atoms with Crippen molar-refractivity contribution in [3.8, 4) is 23.7 Å². The zero-order valence-electron chi connectivity index (χ0n) is 9.20. The van der Waals surface area contributed by atoms with Crippen LogP contribution < -0.4 is 0 Å². The number of ether oxygens (including phenoxy) is 2. The van der Waals surface area contributed by atoms with Gasteiger partial charge >= 0.3 is 11.9 Å². The molecule has 0 saturated heterocycles. The first-order valence-corrected chi connectivity index (χ1v) is 4.51. The molecule has 0 radical (unpaired) electrons. The van der Waals surface area contributed by atoms with Gasteiger partial charge in [-0.25, -0.2) is 0 Å². The van der Waals surface area contributed by atoms with Crippen LogP contribution in [0.15, 0.2) is 12.2 Å². The Bertz CT molecular complexity index is 347. The highest BCUT2D eigenvalue weighted by atomic mass is 16.5. The quantitative estimate of drug-likeness (QED) is 0.507. The second kappa shape index (κ2) is 9.36. The van der Waals surface area contributed by atoms with Gasteiger partial charge in [0.1, 0.15) is 0 Å². The standard InChI is InChI=1S/C12H12O4/c1-11(13)15-9-7-5-3-4-6-8-10-16-12(2)14/h3-4H,9-10H2,1-2H3/b4-3-. The van der Waals surface area contributed by atoms with Crippen molar-refractivity contribution in [2.75, 3.05) is 13.2 Å². The minimum atomic E-state index is -0.362. The van der Waals surface area contributed by atoms with E-state index in [1.807, 2.05) is 0 Å². The molecule has 0 saturated carbocycles. The van der Waals surface area contributed by atoms with Crippen molar-refractivity contribution in [3.63, 3.8) is 0 Å². The van der Waals surface area contributed by atoms with E-state index in [0.717, 1.165) is 0 Å². The van der Waals surface area contributed by atoms with Crippen LogP contribution in [0.2, 0.25) is 0 Å². The number of rotatable bonds is 2. The molecule has 0 bridgehead atoms. The maximum atomic E-state index is 10.3. The minimum Gasteiger partial charge on any atom is -0.453 e. The van der Waals surface area contributed by atoms with E-state index in [4.69, 9.17) is 0 Å². The van der Waals surface area contributed by atoms with Crippen molar-refractivity contribution in [2.45, 2.75) is 13.8 Å². The molecule has 0 aliphatic heterocycles. The molecule has 0 amide bonds. The lowest BCUT2D eigenvalue weighted by Gasteiger charge is -1.90. The van der Waals surface area contributed by atoms with E-state index in [0.29, 0.717) is 0 Å². The van der Waals surface area contributed by atoms with Gasteiger partial charge in [0.25, 0.3) is 0 Å². The molecule has 4 heteroatoms. The summed E-state index contributed by atoms with van der Waals surface area (Å²) in [6.45, 7) is 2.77. The summed E-state index contributed by atoms with van der Waals surface area (Å²) >= 11 is 0. The van der Waals surface area contributed by atoms with Gasteiger partial charge in [0, 0.05) is 13.8 Å². The van der Waals surface area contributed by atoms with Crippen molar-refractivity contribution >= 4 is 11.9 Å².